The van der Waals surface area contributed by atoms with E-state index in [-0.39, 0.29) is 11.3 Å². The summed E-state index contributed by atoms with van der Waals surface area (Å²) in [6.45, 7) is 5.84. The van der Waals surface area contributed by atoms with Gasteiger partial charge >= 0.3 is 6.09 Å². The first-order valence-corrected chi connectivity index (χ1v) is 7.20. The van der Waals surface area contributed by atoms with Crippen molar-refractivity contribution in [2.75, 3.05) is 6.54 Å². The van der Waals surface area contributed by atoms with Crippen molar-refractivity contribution in [2.45, 2.75) is 58.5 Å². The van der Waals surface area contributed by atoms with Gasteiger partial charge in [-0.1, -0.05) is 18.0 Å². The smallest absolute Gasteiger partial charge is 0.407 e. The molecule has 0 aromatic rings. The molecule has 6 nitrogen and oxygen atoms in total. The van der Waals surface area contributed by atoms with E-state index in [1.54, 1.807) is 0 Å². The molecule has 1 spiro atoms. The van der Waals surface area contributed by atoms with Crippen LogP contribution in [0, 0.1) is 10.8 Å². The van der Waals surface area contributed by atoms with E-state index in [0.717, 1.165) is 19.3 Å². The number of amidine groups is 1. The van der Waals surface area contributed by atoms with Crippen LogP contribution in [0.2, 0.25) is 0 Å². The van der Waals surface area contributed by atoms with Crippen molar-refractivity contribution in [3.05, 3.63) is 0 Å². The second-order valence-electron chi connectivity index (χ2n) is 7.09. The Morgan fingerprint density at radius 2 is 2.00 bits per heavy atom. The lowest BCUT2D eigenvalue weighted by Gasteiger charge is -2.24. The summed E-state index contributed by atoms with van der Waals surface area (Å²) < 4.78 is 5.23. The maximum atomic E-state index is 11.8. The minimum absolute atomic E-state index is 0.109. The molecule has 1 unspecified atom stereocenters. The fraction of sp³-hybridized carbons (Fsp3) is 0.857. The zero-order chi connectivity index (χ0) is 15.0. The summed E-state index contributed by atoms with van der Waals surface area (Å²) in [4.78, 5) is 11.8. The van der Waals surface area contributed by atoms with E-state index in [0.29, 0.717) is 6.54 Å². The van der Waals surface area contributed by atoms with Crippen molar-refractivity contribution in [1.82, 2.24) is 5.32 Å². The molecular weight excluding hydrogens is 258 g/mol. The number of rotatable bonds is 3. The Balaban J connectivity index is 2.00. The Labute approximate surface area is 119 Å². The average molecular weight is 283 g/mol. The number of alkyl carbamates (subject to hydrolysis) is 1. The van der Waals surface area contributed by atoms with Crippen LogP contribution in [0.25, 0.3) is 0 Å². The normalized spacial score (nSPS) is 28.4. The summed E-state index contributed by atoms with van der Waals surface area (Å²) in [5.74, 6) is 0.232. The van der Waals surface area contributed by atoms with Crippen LogP contribution in [0.15, 0.2) is 5.16 Å². The largest absolute Gasteiger partial charge is 0.444 e. The van der Waals surface area contributed by atoms with Gasteiger partial charge in [0.05, 0.1) is 5.41 Å². The monoisotopic (exact) mass is 283 g/mol. The Morgan fingerprint density at radius 1 is 1.40 bits per heavy atom. The second-order valence-corrected chi connectivity index (χ2v) is 7.09. The molecule has 0 radical (unpaired) electrons. The molecule has 114 valence electrons. The van der Waals surface area contributed by atoms with Gasteiger partial charge in [0.1, 0.15) is 11.4 Å². The molecule has 20 heavy (non-hydrogen) atoms. The van der Waals surface area contributed by atoms with Gasteiger partial charge in [0, 0.05) is 6.54 Å². The summed E-state index contributed by atoms with van der Waals surface area (Å²) in [5, 5.41) is 15.0. The van der Waals surface area contributed by atoms with Crippen molar-refractivity contribution in [1.29, 1.82) is 0 Å². The highest BCUT2D eigenvalue weighted by Gasteiger charge is 2.70. The van der Waals surface area contributed by atoms with Gasteiger partial charge in [0.15, 0.2) is 0 Å². The first-order valence-electron chi connectivity index (χ1n) is 7.20. The van der Waals surface area contributed by atoms with Crippen LogP contribution in [0.3, 0.4) is 0 Å². The number of carbonyl (C=O) groups excluding carboxylic acids is 1. The van der Waals surface area contributed by atoms with Crippen LogP contribution in [-0.4, -0.2) is 29.3 Å². The Bertz CT molecular complexity index is 422. The number of nitrogens with one attached hydrogen (secondary N) is 1. The molecule has 0 aromatic carbocycles. The van der Waals surface area contributed by atoms with Crippen molar-refractivity contribution in [3.63, 3.8) is 0 Å². The first kappa shape index (κ1) is 14.9. The van der Waals surface area contributed by atoms with Gasteiger partial charge in [-0.25, -0.2) is 4.79 Å². The Hall–Kier alpha value is -1.46. The van der Waals surface area contributed by atoms with Crippen LogP contribution >= 0.6 is 0 Å². The fourth-order valence-electron chi connectivity index (χ4n) is 3.58. The standard InChI is InChI=1S/C14H25N3O3/c1-12(2,3)20-11(18)16-9-14(10(15)17-19)8-13(14)6-4-5-7-13/h19H,4-9H2,1-3H3,(H2,15,17)(H,16,18). The highest BCUT2D eigenvalue weighted by Crippen LogP contribution is 2.71. The highest BCUT2D eigenvalue weighted by atomic mass is 16.6. The Kier molecular flexibility index (Phi) is 3.60. The third kappa shape index (κ3) is 2.55. The fourth-order valence-corrected chi connectivity index (χ4v) is 3.58. The summed E-state index contributed by atoms with van der Waals surface area (Å²) >= 11 is 0. The molecule has 1 amide bonds. The van der Waals surface area contributed by atoms with Crippen LogP contribution < -0.4 is 11.1 Å². The molecule has 2 saturated carbocycles. The third-order valence-corrected chi connectivity index (χ3v) is 4.62. The van der Waals surface area contributed by atoms with Gasteiger partial charge in [-0.15, -0.1) is 0 Å². The van der Waals surface area contributed by atoms with Crippen molar-refractivity contribution < 1.29 is 14.7 Å². The van der Waals surface area contributed by atoms with E-state index < -0.39 is 17.1 Å². The predicted octanol–water partition coefficient (Wildman–Crippen LogP) is 2.21. The minimum atomic E-state index is -0.525. The van der Waals surface area contributed by atoms with Crippen LogP contribution in [0.4, 0.5) is 4.79 Å². The maximum absolute atomic E-state index is 11.8. The van der Waals surface area contributed by atoms with E-state index >= 15 is 0 Å². The number of amides is 1. The molecule has 2 fully saturated rings. The molecule has 2 aliphatic rings. The molecule has 2 aliphatic carbocycles. The molecular formula is C14H25N3O3. The van der Waals surface area contributed by atoms with Gasteiger partial charge in [-0.05, 0) is 45.4 Å². The number of oxime groups is 1. The zero-order valence-corrected chi connectivity index (χ0v) is 12.5. The Morgan fingerprint density at radius 3 is 2.50 bits per heavy atom. The van der Waals surface area contributed by atoms with E-state index in [1.165, 1.54) is 12.8 Å². The quantitative estimate of drug-likeness (QED) is 0.320. The number of nitrogens with two attached hydrogens (primary N) is 1. The average Bonchev–Trinajstić information content (AvgIpc) is 2.70. The second kappa shape index (κ2) is 4.82. The molecule has 0 bridgehead atoms. The van der Waals surface area contributed by atoms with E-state index in [9.17, 15) is 4.79 Å². The highest BCUT2D eigenvalue weighted by molar-refractivity contribution is 5.91. The molecule has 4 N–H and O–H groups in total. The van der Waals surface area contributed by atoms with Crippen LogP contribution in [-0.2, 0) is 4.74 Å². The molecule has 0 aromatic heterocycles. The van der Waals surface area contributed by atoms with Gasteiger partial charge in [-0.2, -0.15) is 0 Å². The topological polar surface area (TPSA) is 96.9 Å². The van der Waals surface area contributed by atoms with Crippen LogP contribution in [0.5, 0.6) is 0 Å². The zero-order valence-electron chi connectivity index (χ0n) is 12.5. The third-order valence-electron chi connectivity index (χ3n) is 4.62. The van der Waals surface area contributed by atoms with E-state index in [4.69, 9.17) is 15.7 Å². The number of hydrogen-bond acceptors (Lipinski definition) is 4. The van der Waals surface area contributed by atoms with Gasteiger partial charge in [-0.3, -0.25) is 0 Å². The summed E-state index contributed by atoms with van der Waals surface area (Å²) in [7, 11) is 0. The van der Waals surface area contributed by atoms with Crippen molar-refractivity contribution >= 4 is 11.9 Å². The van der Waals surface area contributed by atoms with Gasteiger partial charge in [0.2, 0.25) is 0 Å². The SMILES string of the molecule is CC(C)(C)OC(=O)NCC1(/C(N)=N/O)CC12CCCC2. The molecule has 0 aliphatic heterocycles. The van der Waals surface area contributed by atoms with E-state index in [2.05, 4.69) is 10.5 Å². The lowest BCUT2D eigenvalue weighted by atomic mass is 9.90. The summed E-state index contributed by atoms with van der Waals surface area (Å²) in [6.07, 6.45) is 4.94. The maximum Gasteiger partial charge on any atom is 0.407 e. The van der Waals surface area contributed by atoms with E-state index in [1.807, 2.05) is 20.8 Å². The summed E-state index contributed by atoms with van der Waals surface area (Å²) in [6, 6.07) is 0. The van der Waals surface area contributed by atoms with Crippen molar-refractivity contribution in [2.24, 2.45) is 21.7 Å². The molecule has 2 rings (SSSR count). The van der Waals surface area contributed by atoms with Crippen molar-refractivity contribution in [3.8, 4) is 0 Å². The number of hydrogen-bond donors (Lipinski definition) is 3. The predicted molar refractivity (Wildman–Crippen MR) is 75.6 cm³/mol. The number of ether oxygens (including phenoxy) is 1. The van der Waals surface area contributed by atoms with Crippen LogP contribution in [0.1, 0.15) is 52.9 Å². The number of carbonyl (C=O) groups is 1. The molecule has 6 heteroatoms. The summed E-state index contributed by atoms with van der Waals surface area (Å²) in [5.41, 5.74) is 5.08. The lowest BCUT2D eigenvalue weighted by Crippen LogP contribution is -2.42. The lowest BCUT2D eigenvalue weighted by molar-refractivity contribution is 0.0518. The molecule has 1 atom stereocenters. The van der Waals surface area contributed by atoms with Gasteiger partial charge in [0.25, 0.3) is 0 Å². The number of nitrogens with zero attached hydrogens (tertiary/aromatic N) is 1. The molecule has 0 heterocycles. The van der Waals surface area contributed by atoms with Gasteiger partial charge < -0.3 is 21.0 Å². The first-order chi connectivity index (χ1) is 9.25. The minimum Gasteiger partial charge on any atom is -0.444 e. The molecule has 0 saturated heterocycles.